The van der Waals surface area contributed by atoms with Crippen molar-refractivity contribution >= 4 is 10.1 Å². The molecule has 42 nitrogen and oxygen atoms in total. The first-order valence-corrected chi connectivity index (χ1v) is 32.5. The predicted octanol–water partition coefficient (Wildman–Crippen LogP) is -15.7. The van der Waals surface area contributed by atoms with Crippen LogP contribution in [-0.2, 0) is 90.1 Å². The first-order valence-electron chi connectivity index (χ1n) is 31.1. The molecule has 0 radical (unpaired) electrons. The molecule has 0 saturated carbocycles. The van der Waals surface area contributed by atoms with E-state index in [2.05, 4.69) is 0 Å². The summed E-state index contributed by atoms with van der Waals surface area (Å²) in [5.74, 6) is 0. The van der Waals surface area contributed by atoms with Gasteiger partial charge in [0.25, 0.3) is 10.1 Å². The van der Waals surface area contributed by atoms with Crippen molar-refractivity contribution in [3.63, 3.8) is 0 Å². The molecule has 31 rings (SSSR count). The minimum atomic E-state index is -4.76. The van der Waals surface area contributed by atoms with Crippen molar-refractivity contribution in [2.24, 2.45) is 0 Å². The van der Waals surface area contributed by atoms with E-state index in [0.29, 0.717) is 5.56 Å². The topological polar surface area (TPSA) is 656 Å². The number of hydrogen-bond donors (Lipinski definition) is 23. The summed E-state index contributed by atoms with van der Waals surface area (Å²) in [5, 5.41) is 258. The maximum Gasteiger partial charge on any atom is 0.297 e. The third kappa shape index (κ3) is 15.8. The highest BCUT2D eigenvalue weighted by Gasteiger charge is 2.60. The Hall–Kier alpha value is -2.43. The van der Waals surface area contributed by atoms with Gasteiger partial charge in [-0.3, -0.25) is 4.18 Å². The van der Waals surface area contributed by atoms with E-state index in [1.807, 2.05) is 0 Å². The maximum atomic E-state index is 13.6. The van der Waals surface area contributed by atoms with Crippen LogP contribution in [0.1, 0.15) is 5.56 Å². The van der Waals surface area contributed by atoms with Crippen molar-refractivity contribution < 1.29 is 206 Å². The molecule has 0 spiro atoms. The average Bonchev–Trinajstić information content (AvgIpc) is 0.777. The molecule has 0 amide bonds. The van der Waals surface area contributed by atoms with Crippen LogP contribution in [0, 0.1) is 6.92 Å². The molecular weight excluding hydrogens is 1360 g/mol. The summed E-state index contributed by atoms with van der Waals surface area (Å²) in [6.45, 7) is -7.35. The molecule has 23 N–H and O–H groups in total. The second-order valence-corrected chi connectivity index (χ2v) is 26.4. The van der Waals surface area contributed by atoms with Gasteiger partial charge in [-0.1, -0.05) is 17.7 Å². The van der Waals surface area contributed by atoms with Crippen molar-refractivity contribution in [1.29, 1.82) is 0 Å². The van der Waals surface area contributed by atoms with Crippen LogP contribution in [0.25, 0.3) is 0 Å². The van der Waals surface area contributed by atoms with Crippen LogP contribution < -0.4 is 0 Å². The van der Waals surface area contributed by atoms with Gasteiger partial charge in [-0.2, -0.15) is 8.42 Å². The number of aryl methyl sites for hydroxylation is 1. The molecule has 30 heterocycles. The van der Waals surface area contributed by atoms with Gasteiger partial charge in [0.05, 0.1) is 57.8 Å². The fraction of sp³-hybridized carbons (Fsp3) is 0.891. The third-order valence-corrected chi connectivity index (χ3v) is 19.7. The normalized spacial score (nSPS) is 51.1. The van der Waals surface area contributed by atoms with Gasteiger partial charge in [0.1, 0.15) is 195 Å². The molecule has 30 saturated heterocycles. The summed E-state index contributed by atoms with van der Waals surface area (Å²) in [6.07, 6.45) is -84.8. The molecule has 24 unspecified atom stereocenters. The fourth-order valence-corrected chi connectivity index (χ4v) is 13.7. The standard InChI is InChI=1S/C55H86O42S/c1-14-2-4-15(5-3-14)98(79,80)81-13-23-47-31(70)39(78)55(89-23)96-46-22(12-62)87-53(37(76)29(46)68)94-44-20(10-60)85-51(35(74)27(44)66)92-42-18(8-58)83-49(33(72)25(42)64)90-40-16(6-56)82-48(32(71)24(40)63)91-41-17(7-57)84-50(34(73)26(41)65)93-43-19(9-59)86-52(36(75)28(43)67)95-45-21(11-61)88-54(97-47)38(77)30(45)69/h2-5,16-78H,6-13H2,1H3/t16?,17?,18?,19?,20?,21?,22?,23?,24?,25?,26?,27?,28?,29?,30?,31?,32?,33?,34?,35?,36?,37?,38?,39?,40-,41-,42-,43-,44-,45-,46-,47+,48+,49-,50+,51-,52+,53-,54+,55-/m0/s1. The van der Waals surface area contributed by atoms with Crippen molar-refractivity contribution in [3.8, 4) is 0 Å². The van der Waals surface area contributed by atoms with E-state index < -0.39 is 314 Å². The average molecular weight is 1450 g/mol. The highest BCUT2D eigenvalue weighted by molar-refractivity contribution is 7.86. The minimum absolute atomic E-state index is 0.399. The zero-order valence-corrected chi connectivity index (χ0v) is 52.3. The van der Waals surface area contributed by atoms with E-state index in [1.165, 1.54) is 24.3 Å². The summed E-state index contributed by atoms with van der Waals surface area (Å²) in [4.78, 5) is -0.399. The van der Waals surface area contributed by atoms with Crippen LogP contribution in [0.3, 0.4) is 0 Å². The second-order valence-electron chi connectivity index (χ2n) is 24.8. The van der Waals surface area contributed by atoms with Crippen LogP contribution in [0.15, 0.2) is 29.2 Å². The summed E-state index contributed by atoms with van der Waals surface area (Å²) < 4.78 is 125. The smallest absolute Gasteiger partial charge is 0.297 e. The molecule has 30 fully saturated rings. The Morgan fingerprint density at radius 1 is 0.265 bits per heavy atom. The Kier molecular flexibility index (Phi) is 26.3. The van der Waals surface area contributed by atoms with E-state index in [0.717, 1.165) is 0 Å². The Balaban J connectivity index is 0.936. The molecule has 0 aromatic heterocycles. The van der Waals surface area contributed by atoms with Gasteiger partial charge < -0.3 is 193 Å². The van der Waals surface area contributed by atoms with Crippen LogP contribution in [0.5, 0.6) is 0 Å². The van der Waals surface area contributed by atoms with Gasteiger partial charge in [-0.25, -0.2) is 0 Å². The fourth-order valence-electron chi connectivity index (χ4n) is 12.8. The lowest BCUT2D eigenvalue weighted by molar-refractivity contribution is -0.404. The van der Waals surface area contributed by atoms with Gasteiger partial charge in [-0.15, -0.1) is 0 Å². The van der Waals surface area contributed by atoms with E-state index in [4.69, 9.17) is 80.0 Å². The van der Waals surface area contributed by atoms with Crippen LogP contribution >= 0.6 is 0 Å². The Morgan fingerprint density at radius 2 is 0.429 bits per heavy atom. The summed E-state index contributed by atoms with van der Waals surface area (Å²) in [5.41, 5.74) is 0.638. The SMILES string of the molecule is Cc1ccc(S(=O)(=O)OCC2O[C@H]3O[C@H]4C(CO)O[C@@H](O[C@H]5C(CO)O[C@@H](O[C@H]6C(CO)O[C@@H](O[C@H]7C(CO)O[C@H](O[C@H]8C(CO)O[C@H](O[C@H]9C(CO)O[C@H](O[C@H]%10C(CO)O[C@H](O[C@H]2C(O)C3O)C(O)C%10O)C(O)C9O)C(O)C8O)C(O)C7O)C(O)C6O)C(O)C5O)C(O)C4O)cc1. The molecule has 16 bridgehead atoms. The molecule has 98 heavy (non-hydrogen) atoms. The number of aliphatic hydroxyl groups is 23. The van der Waals surface area contributed by atoms with Crippen molar-refractivity contribution in [1.82, 2.24) is 0 Å². The number of rotatable bonds is 11. The largest absolute Gasteiger partial charge is 0.394 e. The molecule has 1 aromatic rings. The Labute approximate surface area is 554 Å². The minimum Gasteiger partial charge on any atom is -0.394 e. The monoisotopic (exact) mass is 1450 g/mol. The van der Waals surface area contributed by atoms with E-state index in [-0.39, 0.29) is 0 Å². The van der Waals surface area contributed by atoms with Gasteiger partial charge in [0.2, 0.25) is 0 Å². The zero-order valence-electron chi connectivity index (χ0n) is 51.5. The van der Waals surface area contributed by atoms with E-state index in [1.54, 1.807) is 6.92 Å². The molecule has 1 aromatic carbocycles. The Bertz CT molecular complexity index is 2750. The summed E-state index contributed by atoms with van der Waals surface area (Å²) in [6, 6.07) is 5.20. The number of benzene rings is 1. The van der Waals surface area contributed by atoms with E-state index >= 15 is 0 Å². The molecule has 30 aliphatic rings. The number of hydrogen-bond acceptors (Lipinski definition) is 42. The molecule has 30 aliphatic heterocycles. The summed E-state index contributed by atoms with van der Waals surface area (Å²) >= 11 is 0. The van der Waals surface area contributed by atoms with Crippen molar-refractivity contribution in [3.05, 3.63) is 29.8 Å². The third-order valence-electron chi connectivity index (χ3n) is 18.4. The molecule has 0 aliphatic carbocycles. The molecule has 564 valence electrons. The maximum absolute atomic E-state index is 13.6. The van der Waals surface area contributed by atoms with Gasteiger partial charge >= 0.3 is 0 Å². The van der Waals surface area contributed by atoms with Crippen molar-refractivity contribution in [2.45, 2.75) is 257 Å². The first-order chi connectivity index (χ1) is 46.5. The molecule has 43 heteroatoms. The van der Waals surface area contributed by atoms with Crippen LogP contribution in [0.4, 0.5) is 0 Å². The van der Waals surface area contributed by atoms with Gasteiger partial charge in [0, 0.05) is 0 Å². The number of ether oxygens (including phenoxy) is 16. The zero-order chi connectivity index (χ0) is 71.3. The summed E-state index contributed by atoms with van der Waals surface area (Å²) in [7, 11) is -4.76. The highest BCUT2D eigenvalue weighted by atomic mass is 32.2. The lowest BCUT2D eigenvalue weighted by Gasteiger charge is -2.50. The Morgan fingerprint density at radius 3 is 0.602 bits per heavy atom. The second kappa shape index (κ2) is 32.9. The lowest BCUT2D eigenvalue weighted by atomic mass is 9.94. The van der Waals surface area contributed by atoms with Crippen LogP contribution in [0.2, 0.25) is 0 Å². The predicted molar refractivity (Wildman–Crippen MR) is 298 cm³/mol. The lowest BCUT2D eigenvalue weighted by Crippen LogP contribution is -2.69. The molecule has 40 atom stereocenters. The quantitative estimate of drug-likeness (QED) is 0.0915. The molecular formula is C55H86O42S. The van der Waals surface area contributed by atoms with Crippen molar-refractivity contribution in [2.75, 3.05) is 52.9 Å². The van der Waals surface area contributed by atoms with Gasteiger partial charge in [0.15, 0.2) is 50.3 Å². The van der Waals surface area contributed by atoms with E-state index in [9.17, 15) is 126 Å². The number of aliphatic hydroxyl groups excluding tert-OH is 23. The van der Waals surface area contributed by atoms with Gasteiger partial charge in [-0.05, 0) is 19.1 Å². The highest BCUT2D eigenvalue weighted by Crippen LogP contribution is 2.40. The van der Waals surface area contributed by atoms with Crippen LogP contribution in [-0.4, -0.2) is 424 Å². The first kappa shape index (κ1) is 78.2.